The maximum atomic E-state index is 12.5. The van der Waals surface area contributed by atoms with E-state index >= 15 is 0 Å². The molecule has 1 aliphatic carbocycles. The molecule has 6 heteroatoms. The van der Waals surface area contributed by atoms with Crippen LogP contribution in [-0.4, -0.2) is 31.4 Å². The molecule has 1 aromatic carbocycles. The Kier molecular flexibility index (Phi) is 5.38. The summed E-state index contributed by atoms with van der Waals surface area (Å²) in [6.07, 6.45) is 6.77. The molecule has 0 radical (unpaired) electrons. The summed E-state index contributed by atoms with van der Waals surface area (Å²) in [6, 6.07) is 6.31. The Morgan fingerprint density at radius 1 is 1.28 bits per heavy atom. The van der Waals surface area contributed by atoms with Crippen LogP contribution in [0, 0.1) is 5.41 Å². The third-order valence-electron chi connectivity index (χ3n) is 5.66. The maximum absolute atomic E-state index is 12.5. The molecule has 158 valence electrons. The van der Waals surface area contributed by atoms with Gasteiger partial charge >= 0.3 is 0 Å². The molecule has 0 bridgehead atoms. The summed E-state index contributed by atoms with van der Waals surface area (Å²) in [5, 5.41) is 0.914. The van der Waals surface area contributed by atoms with Crippen molar-refractivity contribution in [2.24, 2.45) is 5.41 Å². The van der Waals surface area contributed by atoms with Crippen molar-refractivity contribution in [2.45, 2.75) is 64.8 Å². The zero-order valence-corrected chi connectivity index (χ0v) is 18.7. The van der Waals surface area contributed by atoms with Crippen LogP contribution in [-0.2, 0) is 21.3 Å². The number of sulfonamides is 1. The van der Waals surface area contributed by atoms with E-state index in [9.17, 15) is 8.42 Å². The summed E-state index contributed by atoms with van der Waals surface area (Å²) in [6.45, 7) is 10.9. The predicted molar refractivity (Wildman–Crippen MR) is 118 cm³/mol. The normalized spacial score (nSPS) is 19.4. The zero-order chi connectivity index (χ0) is 20.8. The van der Waals surface area contributed by atoms with Gasteiger partial charge in [-0.1, -0.05) is 39.0 Å². The van der Waals surface area contributed by atoms with E-state index in [-0.39, 0.29) is 16.7 Å². The number of fused-ring (bicyclic) bond motifs is 1. The first-order chi connectivity index (χ1) is 13.6. The van der Waals surface area contributed by atoms with Gasteiger partial charge < -0.3 is 9.30 Å². The Balaban J connectivity index is 1.75. The van der Waals surface area contributed by atoms with E-state index in [0.29, 0.717) is 6.61 Å². The Labute approximate surface area is 174 Å². The van der Waals surface area contributed by atoms with Gasteiger partial charge in [0, 0.05) is 29.7 Å². The van der Waals surface area contributed by atoms with Gasteiger partial charge in [-0.25, -0.2) is 13.1 Å². The number of ether oxygens (including phenoxy) is 1. The number of benzene rings is 1. The number of aromatic nitrogens is 1. The second-order valence-electron chi connectivity index (χ2n) is 9.64. The van der Waals surface area contributed by atoms with Crippen LogP contribution in [0.4, 0.5) is 0 Å². The van der Waals surface area contributed by atoms with Crippen LogP contribution in [0.2, 0.25) is 0 Å². The van der Waals surface area contributed by atoms with Gasteiger partial charge in [0.2, 0.25) is 10.0 Å². The minimum Gasteiger partial charge on any atom is -0.377 e. The predicted octanol–water partition coefficient (Wildman–Crippen LogP) is 4.63. The monoisotopic (exact) mass is 416 g/mol. The Morgan fingerprint density at radius 3 is 2.66 bits per heavy atom. The SMILES string of the molecule is CC(NS(=O)(=O)C1CC1)c1cn(CC(C)(C)C)c2cc(C3=CCOCC3)ccc12. The molecule has 1 atom stereocenters. The highest BCUT2D eigenvalue weighted by Gasteiger charge is 2.37. The Bertz CT molecular complexity index is 1040. The van der Waals surface area contributed by atoms with E-state index < -0.39 is 10.0 Å². The van der Waals surface area contributed by atoms with E-state index in [1.165, 1.54) is 11.1 Å². The van der Waals surface area contributed by atoms with Gasteiger partial charge in [-0.2, -0.15) is 0 Å². The fourth-order valence-corrected chi connectivity index (χ4v) is 5.65. The fourth-order valence-electron chi connectivity index (χ4n) is 4.08. The van der Waals surface area contributed by atoms with Gasteiger partial charge in [-0.15, -0.1) is 0 Å². The minimum atomic E-state index is -3.24. The quantitative estimate of drug-likeness (QED) is 0.747. The lowest BCUT2D eigenvalue weighted by Gasteiger charge is -2.20. The summed E-state index contributed by atoms with van der Waals surface area (Å²) in [4.78, 5) is 0. The Morgan fingerprint density at radius 2 is 2.03 bits per heavy atom. The van der Waals surface area contributed by atoms with Crippen LogP contribution in [0.25, 0.3) is 16.5 Å². The van der Waals surface area contributed by atoms with Crippen LogP contribution in [0.5, 0.6) is 0 Å². The molecule has 0 amide bonds. The summed E-state index contributed by atoms with van der Waals surface area (Å²) < 4.78 is 35.6. The third kappa shape index (κ3) is 4.60. The number of hydrogen-bond donors (Lipinski definition) is 1. The van der Waals surface area contributed by atoms with Crippen molar-refractivity contribution in [3.8, 4) is 0 Å². The molecule has 1 aromatic heterocycles. The molecule has 2 heterocycles. The number of nitrogens with one attached hydrogen (secondary N) is 1. The van der Waals surface area contributed by atoms with Crippen molar-refractivity contribution >= 4 is 26.5 Å². The van der Waals surface area contributed by atoms with Crippen LogP contribution >= 0.6 is 0 Å². The average Bonchev–Trinajstić information content (AvgIpc) is 3.45. The van der Waals surface area contributed by atoms with Gasteiger partial charge in [0.25, 0.3) is 0 Å². The lowest BCUT2D eigenvalue weighted by Crippen LogP contribution is -2.29. The Hall–Kier alpha value is -1.63. The molecule has 1 fully saturated rings. The largest absolute Gasteiger partial charge is 0.377 e. The second kappa shape index (κ2) is 7.56. The first-order valence-electron chi connectivity index (χ1n) is 10.6. The van der Waals surface area contributed by atoms with Crippen LogP contribution in [0.3, 0.4) is 0 Å². The highest BCUT2D eigenvalue weighted by molar-refractivity contribution is 7.90. The van der Waals surface area contributed by atoms with Crippen LogP contribution in [0.1, 0.15) is 64.1 Å². The van der Waals surface area contributed by atoms with Crippen molar-refractivity contribution in [1.29, 1.82) is 0 Å². The van der Waals surface area contributed by atoms with Crippen LogP contribution in [0.15, 0.2) is 30.5 Å². The molecule has 1 aliphatic heterocycles. The standard InChI is InChI=1S/C23H32N2O3S/c1-16(24-29(26,27)19-6-7-19)21-14-25(15-23(2,3)4)22-13-18(5-8-20(21)22)17-9-11-28-12-10-17/h5,8-9,13-14,16,19,24H,6-7,10-12,15H2,1-4H3. The smallest absolute Gasteiger partial charge is 0.215 e. The molecule has 4 rings (SSSR count). The molecule has 0 spiro atoms. The van der Waals surface area contributed by atoms with E-state index in [1.807, 2.05) is 6.92 Å². The van der Waals surface area contributed by atoms with E-state index in [1.54, 1.807) is 0 Å². The first kappa shape index (κ1) is 20.6. The van der Waals surface area contributed by atoms with Gasteiger partial charge in [-0.05, 0) is 54.4 Å². The van der Waals surface area contributed by atoms with E-state index in [2.05, 4.69) is 60.5 Å². The molecule has 1 saturated carbocycles. The second-order valence-corrected chi connectivity index (χ2v) is 11.6. The van der Waals surface area contributed by atoms with Gasteiger partial charge in [0.1, 0.15) is 0 Å². The summed E-state index contributed by atoms with van der Waals surface area (Å²) >= 11 is 0. The molecule has 1 unspecified atom stereocenters. The molecule has 2 aliphatic rings. The third-order valence-corrected chi connectivity index (χ3v) is 7.69. The highest BCUT2D eigenvalue weighted by Crippen LogP contribution is 2.34. The fraction of sp³-hybridized carbons (Fsp3) is 0.565. The molecule has 5 nitrogen and oxygen atoms in total. The molecular weight excluding hydrogens is 384 g/mol. The molecule has 2 aromatic rings. The van der Waals surface area contributed by atoms with E-state index in [0.717, 1.165) is 48.9 Å². The van der Waals surface area contributed by atoms with Crippen molar-refractivity contribution < 1.29 is 13.2 Å². The molecule has 1 N–H and O–H groups in total. The lowest BCUT2D eigenvalue weighted by molar-refractivity contribution is 0.161. The van der Waals surface area contributed by atoms with Gasteiger partial charge in [0.05, 0.1) is 18.5 Å². The van der Waals surface area contributed by atoms with Crippen LogP contribution < -0.4 is 4.72 Å². The zero-order valence-electron chi connectivity index (χ0n) is 17.9. The summed E-state index contributed by atoms with van der Waals surface area (Å²) in [5.41, 5.74) is 4.88. The van der Waals surface area contributed by atoms with Crippen molar-refractivity contribution in [2.75, 3.05) is 13.2 Å². The summed E-state index contributed by atoms with van der Waals surface area (Å²) in [5.74, 6) is 0. The van der Waals surface area contributed by atoms with Crippen molar-refractivity contribution in [1.82, 2.24) is 9.29 Å². The number of nitrogens with zero attached hydrogens (tertiary/aromatic N) is 1. The lowest BCUT2D eigenvalue weighted by atomic mass is 9.96. The molecular formula is C23H32N2O3S. The molecule has 0 saturated heterocycles. The number of hydrogen-bond acceptors (Lipinski definition) is 3. The number of rotatable bonds is 6. The summed E-state index contributed by atoms with van der Waals surface area (Å²) in [7, 11) is -3.24. The minimum absolute atomic E-state index is 0.119. The highest BCUT2D eigenvalue weighted by atomic mass is 32.2. The molecule has 29 heavy (non-hydrogen) atoms. The van der Waals surface area contributed by atoms with Gasteiger partial charge in [0.15, 0.2) is 0 Å². The first-order valence-corrected chi connectivity index (χ1v) is 12.1. The topological polar surface area (TPSA) is 60.3 Å². The van der Waals surface area contributed by atoms with Crippen molar-refractivity contribution in [3.63, 3.8) is 0 Å². The van der Waals surface area contributed by atoms with E-state index in [4.69, 9.17) is 4.74 Å². The van der Waals surface area contributed by atoms with Gasteiger partial charge in [-0.3, -0.25) is 0 Å². The average molecular weight is 417 g/mol. The van der Waals surface area contributed by atoms with Crippen molar-refractivity contribution in [3.05, 3.63) is 41.6 Å². The maximum Gasteiger partial charge on any atom is 0.215 e.